The van der Waals surface area contributed by atoms with Crippen LogP contribution < -0.4 is 4.72 Å². The molecule has 11 heteroatoms. The molecule has 0 spiro atoms. The molecule has 0 unspecified atom stereocenters. The third-order valence-corrected chi connectivity index (χ3v) is 5.60. The summed E-state index contributed by atoms with van der Waals surface area (Å²) in [6.07, 6.45) is 1.30. The molecule has 0 saturated carbocycles. The molecule has 0 aliphatic carbocycles. The zero-order valence-electron chi connectivity index (χ0n) is 15.6. The molecular formula is C17H23N3O7S. The summed E-state index contributed by atoms with van der Waals surface area (Å²) in [5, 5.41) is 19.6. The summed E-state index contributed by atoms with van der Waals surface area (Å²) < 4.78 is 27.0. The van der Waals surface area contributed by atoms with Gasteiger partial charge in [-0.3, -0.25) is 19.7 Å². The van der Waals surface area contributed by atoms with Gasteiger partial charge in [0.05, 0.1) is 22.2 Å². The van der Waals surface area contributed by atoms with Crippen LogP contribution in [0.2, 0.25) is 0 Å². The fourth-order valence-electron chi connectivity index (χ4n) is 2.39. The van der Waals surface area contributed by atoms with Gasteiger partial charge in [0.1, 0.15) is 0 Å². The van der Waals surface area contributed by atoms with Crippen molar-refractivity contribution in [2.75, 3.05) is 13.6 Å². The number of sulfonamides is 1. The lowest BCUT2D eigenvalue weighted by Gasteiger charge is -2.28. The van der Waals surface area contributed by atoms with E-state index in [2.05, 4.69) is 11.3 Å². The van der Waals surface area contributed by atoms with Gasteiger partial charge in [-0.1, -0.05) is 6.08 Å². The number of carboxylic acids is 1. The molecule has 28 heavy (non-hydrogen) atoms. The summed E-state index contributed by atoms with van der Waals surface area (Å²) in [5.74, 6) is -2.32. The standard InChI is InChI=1S/C17H23N3O7S/c1-4-5-13(10-16(21)22)17(23)19(3)12(2)11-18-28(26,27)15-8-6-14(7-9-15)20(24)25/h4,6-9,12-13,18H,1,5,10-11H2,2-3H3,(H,21,22)/t12-,13+/m0/s1. The van der Waals surface area contributed by atoms with Crippen molar-refractivity contribution < 1.29 is 28.0 Å². The number of carboxylic acid groups (broad SMARTS) is 1. The zero-order valence-corrected chi connectivity index (χ0v) is 16.4. The van der Waals surface area contributed by atoms with Gasteiger partial charge in [-0.15, -0.1) is 6.58 Å². The molecule has 0 fully saturated rings. The Labute approximate surface area is 163 Å². The smallest absolute Gasteiger partial charge is 0.304 e. The highest BCUT2D eigenvalue weighted by molar-refractivity contribution is 7.89. The minimum atomic E-state index is -3.93. The second-order valence-electron chi connectivity index (χ2n) is 6.22. The number of hydrogen-bond donors (Lipinski definition) is 2. The quantitative estimate of drug-likeness (QED) is 0.316. The number of amides is 1. The lowest BCUT2D eigenvalue weighted by Crippen LogP contribution is -2.45. The molecule has 0 aliphatic rings. The lowest BCUT2D eigenvalue weighted by atomic mass is 9.99. The van der Waals surface area contributed by atoms with E-state index in [0.29, 0.717) is 0 Å². The van der Waals surface area contributed by atoms with Crippen molar-refractivity contribution in [2.45, 2.75) is 30.7 Å². The first-order valence-electron chi connectivity index (χ1n) is 8.33. The third kappa shape index (κ3) is 6.43. The molecule has 2 N–H and O–H groups in total. The van der Waals surface area contributed by atoms with Gasteiger partial charge in [0, 0.05) is 31.8 Å². The second-order valence-corrected chi connectivity index (χ2v) is 7.99. The number of non-ortho nitro benzene ring substituents is 1. The molecule has 1 aromatic carbocycles. The van der Waals surface area contributed by atoms with Crippen molar-refractivity contribution in [1.82, 2.24) is 9.62 Å². The Kier molecular flexibility index (Phi) is 8.26. The van der Waals surface area contributed by atoms with E-state index in [1.54, 1.807) is 6.92 Å². The van der Waals surface area contributed by atoms with Gasteiger partial charge in [0.2, 0.25) is 15.9 Å². The van der Waals surface area contributed by atoms with Crippen LogP contribution in [0, 0.1) is 16.0 Å². The van der Waals surface area contributed by atoms with Crippen molar-refractivity contribution >= 4 is 27.6 Å². The Morgan fingerprint density at radius 1 is 1.36 bits per heavy atom. The number of nitrogens with one attached hydrogen (secondary N) is 1. The van der Waals surface area contributed by atoms with E-state index >= 15 is 0 Å². The molecule has 1 aromatic rings. The highest BCUT2D eigenvalue weighted by Gasteiger charge is 2.27. The molecule has 0 aliphatic heterocycles. The number of carbonyl (C=O) groups is 2. The minimum Gasteiger partial charge on any atom is -0.481 e. The fraction of sp³-hybridized carbons (Fsp3) is 0.412. The molecule has 1 amide bonds. The zero-order chi connectivity index (χ0) is 21.5. The number of rotatable bonds is 11. The largest absolute Gasteiger partial charge is 0.481 e. The third-order valence-electron chi connectivity index (χ3n) is 4.16. The maximum absolute atomic E-state index is 12.5. The first-order chi connectivity index (χ1) is 13.0. The molecule has 2 atom stereocenters. The van der Waals surface area contributed by atoms with E-state index in [1.807, 2.05) is 0 Å². The van der Waals surface area contributed by atoms with Crippen LogP contribution in [0.15, 0.2) is 41.8 Å². The summed E-state index contributed by atoms with van der Waals surface area (Å²) in [4.78, 5) is 34.6. The van der Waals surface area contributed by atoms with Crippen molar-refractivity contribution in [3.63, 3.8) is 0 Å². The van der Waals surface area contributed by atoms with Crippen LogP contribution in [-0.4, -0.2) is 54.9 Å². The van der Waals surface area contributed by atoms with E-state index < -0.39 is 38.8 Å². The van der Waals surface area contributed by atoms with Crippen molar-refractivity contribution in [3.8, 4) is 0 Å². The van der Waals surface area contributed by atoms with Gasteiger partial charge in [-0.2, -0.15) is 0 Å². The Hall–Kier alpha value is -2.79. The SMILES string of the molecule is C=CC[C@H](CC(=O)O)C(=O)N(C)[C@@H](C)CNS(=O)(=O)c1ccc([N+](=O)[O-])cc1. The topological polar surface area (TPSA) is 147 Å². The molecule has 10 nitrogen and oxygen atoms in total. The van der Waals surface area contributed by atoms with Gasteiger partial charge in [-0.05, 0) is 25.5 Å². The molecule has 0 radical (unpaired) electrons. The first-order valence-corrected chi connectivity index (χ1v) is 9.81. The van der Waals surface area contributed by atoms with Crippen LogP contribution in [0.3, 0.4) is 0 Å². The van der Waals surface area contributed by atoms with Gasteiger partial charge in [0.25, 0.3) is 5.69 Å². The Morgan fingerprint density at radius 3 is 2.39 bits per heavy atom. The van der Waals surface area contributed by atoms with Gasteiger partial charge >= 0.3 is 5.97 Å². The molecule has 154 valence electrons. The fourth-order valence-corrected chi connectivity index (χ4v) is 3.51. The van der Waals surface area contributed by atoms with E-state index in [0.717, 1.165) is 24.3 Å². The van der Waals surface area contributed by atoms with Crippen LogP contribution in [0.1, 0.15) is 19.8 Å². The number of benzene rings is 1. The van der Waals surface area contributed by atoms with Crippen LogP contribution >= 0.6 is 0 Å². The van der Waals surface area contributed by atoms with Crippen molar-refractivity contribution in [1.29, 1.82) is 0 Å². The summed E-state index contributed by atoms with van der Waals surface area (Å²) in [7, 11) is -2.46. The average Bonchev–Trinajstić information content (AvgIpc) is 2.64. The van der Waals surface area contributed by atoms with Crippen LogP contribution in [-0.2, 0) is 19.6 Å². The number of carbonyl (C=O) groups excluding carboxylic acids is 1. The number of allylic oxidation sites excluding steroid dienone is 1. The Balaban J connectivity index is 2.78. The molecule has 0 bridgehead atoms. The van der Waals surface area contributed by atoms with E-state index in [4.69, 9.17) is 5.11 Å². The number of nitro benzene ring substituents is 1. The maximum Gasteiger partial charge on any atom is 0.304 e. The highest BCUT2D eigenvalue weighted by atomic mass is 32.2. The summed E-state index contributed by atoms with van der Waals surface area (Å²) in [5.41, 5.74) is -0.232. The summed E-state index contributed by atoms with van der Waals surface area (Å²) in [6.45, 7) is 5.01. The van der Waals surface area contributed by atoms with Gasteiger partial charge < -0.3 is 10.0 Å². The number of nitrogens with zero attached hydrogens (tertiary/aromatic N) is 2. The van der Waals surface area contributed by atoms with Crippen LogP contribution in [0.5, 0.6) is 0 Å². The molecule has 0 aromatic heterocycles. The number of likely N-dealkylation sites (N-methyl/N-ethyl adjacent to an activating group) is 1. The minimum absolute atomic E-state index is 0.116. The monoisotopic (exact) mass is 413 g/mol. The molecule has 0 heterocycles. The first kappa shape index (κ1) is 23.2. The lowest BCUT2D eigenvalue weighted by molar-refractivity contribution is -0.384. The average molecular weight is 413 g/mol. The number of nitro groups is 1. The molecule has 0 saturated heterocycles. The van der Waals surface area contributed by atoms with Crippen molar-refractivity contribution in [2.24, 2.45) is 5.92 Å². The molecular weight excluding hydrogens is 390 g/mol. The molecule has 1 rings (SSSR count). The predicted molar refractivity (Wildman–Crippen MR) is 101 cm³/mol. The normalized spacial score (nSPS) is 13.4. The Bertz CT molecular complexity index is 837. The van der Waals surface area contributed by atoms with Crippen LogP contribution in [0.25, 0.3) is 0 Å². The van der Waals surface area contributed by atoms with E-state index in [1.165, 1.54) is 18.0 Å². The second kappa shape index (κ2) is 9.95. The van der Waals surface area contributed by atoms with Gasteiger partial charge in [-0.25, -0.2) is 13.1 Å². The van der Waals surface area contributed by atoms with Crippen LogP contribution in [0.4, 0.5) is 5.69 Å². The summed E-state index contributed by atoms with van der Waals surface area (Å²) in [6, 6.07) is 3.85. The van der Waals surface area contributed by atoms with Crippen molar-refractivity contribution in [3.05, 3.63) is 47.0 Å². The van der Waals surface area contributed by atoms with E-state index in [-0.39, 0.29) is 30.0 Å². The maximum atomic E-state index is 12.5. The predicted octanol–water partition coefficient (Wildman–Crippen LogP) is 1.39. The number of hydrogen-bond acceptors (Lipinski definition) is 6. The number of aliphatic carboxylic acids is 1. The van der Waals surface area contributed by atoms with E-state index in [9.17, 15) is 28.1 Å². The highest BCUT2D eigenvalue weighted by Crippen LogP contribution is 2.17. The summed E-state index contributed by atoms with van der Waals surface area (Å²) >= 11 is 0. The Morgan fingerprint density at radius 2 is 1.93 bits per heavy atom. The van der Waals surface area contributed by atoms with Gasteiger partial charge in [0.15, 0.2) is 0 Å².